The number of ketones is 2. The van der Waals surface area contributed by atoms with E-state index in [1.54, 1.807) is 97.9 Å². The minimum Gasteiger partial charge on any atom is -0.287 e. The molecule has 0 unspecified atom stereocenters. The van der Waals surface area contributed by atoms with E-state index >= 15 is 0 Å². The lowest BCUT2D eigenvalue weighted by Gasteiger charge is -2.24. The highest BCUT2D eigenvalue weighted by atomic mass is 16.2. The highest BCUT2D eigenvalue weighted by Gasteiger charge is 2.46. The summed E-state index contributed by atoms with van der Waals surface area (Å²) in [7, 11) is 0. The molecule has 3 aromatic rings. The number of Topliss-reactive ketones (excluding diaryl/α,β-unsaturated/α-hetero) is 2. The van der Waals surface area contributed by atoms with Crippen molar-refractivity contribution < 1.29 is 19.2 Å². The van der Waals surface area contributed by atoms with Gasteiger partial charge in [0.05, 0.1) is 11.4 Å². The molecular weight excluding hydrogens is 464 g/mol. The van der Waals surface area contributed by atoms with E-state index in [1.807, 2.05) is 0 Å². The van der Waals surface area contributed by atoms with Crippen LogP contribution in [0.4, 0.5) is 11.4 Å². The van der Waals surface area contributed by atoms with Crippen LogP contribution in [0.3, 0.4) is 0 Å². The highest BCUT2D eigenvalue weighted by Crippen LogP contribution is 2.43. The van der Waals surface area contributed by atoms with E-state index in [0.29, 0.717) is 16.9 Å². The Morgan fingerprint density at radius 1 is 0.730 bits per heavy atom. The van der Waals surface area contributed by atoms with Gasteiger partial charge in [0.1, 0.15) is 11.4 Å². The van der Waals surface area contributed by atoms with Crippen molar-refractivity contribution in [2.45, 2.75) is 6.92 Å². The van der Waals surface area contributed by atoms with Crippen molar-refractivity contribution in [1.29, 1.82) is 0 Å². The fourth-order valence-corrected chi connectivity index (χ4v) is 4.61. The third-order valence-electron chi connectivity index (χ3n) is 6.20. The molecule has 0 radical (unpaired) electrons. The smallest absolute Gasteiger partial charge is 0.263 e. The third kappa shape index (κ3) is 3.76. The summed E-state index contributed by atoms with van der Waals surface area (Å²) in [5, 5.41) is 0. The summed E-state index contributed by atoms with van der Waals surface area (Å²) in [6.07, 6.45) is 6.32. The number of carbonyl (C=O) groups is 4. The van der Waals surface area contributed by atoms with Crippen LogP contribution in [-0.4, -0.2) is 23.4 Å². The number of anilines is 2. The maximum atomic E-state index is 13.9. The first-order valence-electron chi connectivity index (χ1n) is 11.7. The second kappa shape index (κ2) is 9.51. The van der Waals surface area contributed by atoms with Crippen molar-refractivity contribution in [3.63, 3.8) is 0 Å². The van der Waals surface area contributed by atoms with E-state index in [2.05, 4.69) is 6.58 Å². The average Bonchev–Trinajstić information content (AvgIpc) is 3.39. The van der Waals surface area contributed by atoms with Crippen molar-refractivity contribution in [2.75, 3.05) is 9.80 Å². The lowest BCUT2D eigenvalue weighted by molar-refractivity contribution is -0.114. The van der Waals surface area contributed by atoms with Gasteiger partial charge in [-0.3, -0.25) is 29.0 Å². The zero-order valence-electron chi connectivity index (χ0n) is 20.0. The Hall–Kier alpha value is -5.10. The minimum absolute atomic E-state index is 0.150. The zero-order chi connectivity index (χ0) is 26.1. The predicted molar refractivity (Wildman–Crippen MR) is 142 cm³/mol. The standard InChI is InChI=1S/C31H22N2O4/c1-3-12-20(13-4-2)30(36)32-24-18-10-8-16-22(24)28(34)26(32)27-29(35)23-17-9-11-19-25(23)33(27)31(37)21-14-6-5-7-15-21/h3-19H,1H2,2H3/b13-4-,20-12+,27-26+. The maximum absolute atomic E-state index is 13.9. The molecule has 0 bridgehead atoms. The van der Waals surface area contributed by atoms with Crippen LogP contribution in [0.15, 0.2) is 127 Å². The van der Waals surface area contributed by atoms with Crippen LogP contribution in [0.25, 0.3) is 0 Å². The van der Waals surface area contributed by atoms with Gasteiger partial charge in [0.2, 0.25) is 11.6 Å². The molecule has 0 fully saturated rings. The molecule has 3 aromatic carbocycles. The number of nitrogens with zero attached hydrogens (tertiary/aromatic N) is 2. The summed E-state index contributed by atoms with van der Waals surface area (Å²) in [5.74, 6) is -2.01. The lowest BCUT2D eigenvalue weighted by Crippen LogP contribution is -2.37. The van der Waals surface area contributed by atoms with E-state index in [4.69, 9.17) is 0 Å². The Morgan fingerprint density at radius 3 is 1.81 bits per heavy atom. The SMILES string of the molecule is C=C/C=C(\C=C/C)C(=O)N1/C(=C2\C(=O)c3ccccc3N2C(=O)c2ccccc2)C(=O)c2ccccc21. The first kappa shape index (κ1) is 23.6. The van der Waals surface area contributed by atoms with Crippen LogP contribution in [-0.2, 0) is 4.79 Å². The van der Waals surface area contributed by atoms with Gasteiger partial charge in [-0.25, -0.2) is 0 Å². The minimum atomic E-state index is -0.519. The molecule has 0 aromatic heterocycles. The molecule has 37 heavy (non-hydrogen) atoms. The average molecular weight is 487 g/mol. The molecule has 2 aliphatic heterocycles. The molecule has 0 atom stereocenters. The molecular formula is C31H22N2O4. The van der Waals surface area contributed by atoms with E-state index in [9.17, 15) is 19.2 Å². The van der Waals surface area contributed by atoms with Crippen molar-refractivity contribution in [1.82, 2.24) is 0 Å². The van der Waals surface area contributed by atoms with Crippen molar-refractivity contribution in [2.24, 2.45) is 0 Å². The number of hydrogen-bond donors (Lipinski definition) is 0. The number of allylic oxidation sites excluding steroid dienone is 5. The summed E-state index contributed by atoms with van der Waals surface area (Å²) in [6, 6.07) is 21.8. The molecule has 0 aliphatic carbocycles. The Labute approximate surface area is 214 Å². The van der Waals surface area contributed by atoms with E-state index in [-0.39, 0.29) is 28.1 Å². The quantitative estimate of drug-likeness (QED) is 0.352. The first-order chi connectivity index (χ1) is 18.0. The maximum Gasteiger partial charge on any atom is 0.263 e. The lowest BCUT2D eigenvalue weighted by atomic mass is 10.1. The Balaban J connectivity index is 1.80. The molecule has 6 nitrogen and oxygen atoms in total. The van der Waals surface area contributed by atoms with Gasteiger partial charge in [-0.05, 0) is 43.3 Å². The zero-order valence-corrected chi connectivity index (χ0v) is 20.0. The van der Waals surface area contributed by atoms with E-state index in [0.717, 1.165) is 0 Å². The summed E-state index contributed by atoms with van der Waals surface area (Å²) in [6.45, 7) is 5.46. The molecule has 2 amide bonds. The number of fused-ring (bicyclic) bond motifs is 2. The van der Waals surface area contributed by atoms with Crippen LogP contribution in [0, 0.1) is 0 Å². The summed E-state index contributed by atoms with van der Waals surface area (Å²) >= 11 is 0. The molecule has 2 heterocycles. The molecule has 0 spiro atoms. The van der Waals surface area contributed by atoms with Gasteiger partial charge in [-0.15, -0.1) is 0 Å². The first-order valence-corrected chi connectivity index (χ1v) is 11.7. The van der Waals surface area contributed by atoms with Gasteiger partial charge in [-0.2, -0.15) is 0 Å². The van der Waals surface area contributed by atoms with Crippen molar-refractivity contribution in [3.8, 4) is 0 Å². The van der Waals surface area contributed by atoms with Gasteiger partial charge in [0.25, 0.3) is 11.8 Å². The summed E-state index contributed by atoms with van der Waals surface area (Å²) < 4.78 is 0. The fraction of sp³-hybridized carbons (Fsp3) is 0.0323. The fourth-order valence-electron chi connectivity index (χ4n) is 4.61. The third-order valence-corrected chi connectivity index (χ3v) is 6.20. The van der Waals surface area contributed by atoms with Gasteiger partial charge >= 0.3 is 0 Å². The van der Waals surface area contributed by atoms with Gasteiger partial charge in [0.15, 0.2) is 0 Å². The van der Waals surface area contributed by atoms with Crippen LogP contribution in [0.2, 0.25) is 0 Å². The Bertz CT molecular complexity index is 1580. The molecule has 2 aliphatic rings. The number of hydrogen-bond acceptors (Lipinski definition) is 4. The van der Waals surface area contributed by atoms with Crippen LogP contribution in [0.1, 0.15) is 38.0 Å². The number of rotatable bonds is 4. The largest absolute Gasteiger partial charge is 0.287 e. The van der Waals surface area contributed by atoms with Crippen molar-refractivity contribution >= 4 is 34.8 Å². The van der Waals surface area contributed by atoms with E-state index < -0.39 is 23.4 Å². The number of amides is 2. The molecule has 0 saturated heterocycles. The van der Waals surface area contributed by atoms with Crippen LogP contribution < -0.4 is 9.80 Å². The van der Waals surface area contributed by atoms with Crippen molar-refractivity contribution in [3.05, 3.63) is 143 Å². The summed E-state index contributed by atoms with van der Waals surface area (Å²) in [4.78, 5) is 57.8. The van der Waals surface area contributed by atoms with E-state index in [1.165, 1.54) is 22.0 Å². The molecule has 6 heteroatoms. The Kier molecular flexibility index (Phi) is 6.07. The second-order valence-corrected chi connectivity index (χ2v) is 8.39. The molecule has 5 rings (SSSR count). The summed E-state index contributed by atoms with van der Waals surface area (Å²) in [5.41, 5.74) is 1.55. The van der Waals surface area contributed by atoms with Gasteiger partial charge < -0.3 is 0 Å². The molecule has 0 N–H and O–H groups in total. The number of para-hydroxylation sites is 2. The number of carbonyl (C=O) groups excluding carboxylic acids is 4. The second-order valence-electron chi connectivity index (χ2n) is 8.39. The van der Waals surface area contributed by atoms with Gasteiger partial charge in [0, 0.05) is 22.3 Å². The number of benzene rings is 3. The van der Waals surface area contributed by atoms with Crippen LogP contribution >= 0.6 is 0 Å². The molecule has 0 saturated carbocycles. The predicted octanol–water partition coefficient (Wildman–Crippen LogP) is 5.66. The van der Waals surface area contributed by atoms with Crippen LogP contribution in [0.5, 0.6) is 0 Å². The van der Waals surface area contributed by atoms with Gasteiger partial charge in [-0.1, -0.05) is 73.3 Å². The molecule has 180 valence electrons. The highest BCUT2D eigenvalue weighted by molar-refractivity contribution is 6.35. The monoisotopic (exact) mass is 486 g/mol. The topological polar surface area (TPSA) is 74.8 Å². The normalized spacial score (nSPS) is 16.8. The Morgan fingerprint density at radius 2 is 1.24 bits per heavy atom.